The summed E-state index contributed by atoms with van der Waals surface area (Å²) in [4.78, 5) is 11.9. The van der Waals surface area contributed by atoms with Crippen LogP contribution in [0.5, 0.6) is 0 Å². The van der Waals surface area contributed by atoms with E-state index >= 15 is 0 Å². The molecule has 0 heterocycles. The molecular formula is C16H13BrClNO. The fourth-order valence-electron chi connectivity index (χ4n) is 1.66. The summed E-state index contributed by atoms with van der Waals surface area (Å²) in [6.45, 7) is 1.87. The van der Waals surface area contributed by atoms with Gasteiger partial charge >= 0.3 is 0 Å². The van der Waals surface area contributed by atoms with E-state index in [1.807, 2.05) is 43.3 Å². The van der Waals surface area contributed by atoms with E-state index in [2.05, 4.69) is 21.2 Å². The topological polar surface area (TPSA) is 29.1 Å². The number of halogens is 2. The molecule has 20 heavy (non-hydrogen) atoms. The minimum atomic E-state index is -0.182. The van der Waals surface area contributed by atoms with Crippen LogP contribution in [-0.4, -0.2) is 5.91 Å². The molecule has 0 saturated heterocycles. The maximum atomic E-state index is 11.9. The number of hydrogen-bond acceptors (Lipinski definition) is 1. The van der Waals surface area contributed by atoms with Crippen molar-refractivity contribution in [1.29, 1.82) is 0 Å². The zero-order chi connectivity index (χ0) is 14.5. The SMILES string of the molecule is Cc1c(Cl)cccc1NC(=O)C=Cc1ccc(Br)cc1. The summed E-state index contributed by atoms with van der Waals surface area (Å²) in [5.74, 6) is -0.182. The lowest BCUT2D eigenvalue weighted by Gasteiger charge is -2.07. The molecule has 2 aromatic rings. The molecule has 4 heteroatoms. The summed E-state index contributed by atoms with van der Waals surface area (Å²) in [6, 6.07) is 13.1. The molecule has 2 nitrogen and oxygen atoms in total. The van der Waals surface area contributed by atoms with E-state index in [-0.39, 0.29) is 5.91 Å². The van der Waals surface area contributed by atoms with Crippen LogP contribution in [0.2, 0.25) is 5.02 Å². The van der Waals surface area contributed by atoms with E-state index in [4.69, 9.17) is 11.6 Å². The summed E-state index contributed by atoms with van der Waals surface area (Å²) in [5, 5.41) is 3.45. The summed E-state index contributed by atoms with van der Waals surface area (Å²) < 4.78 is 1.01. The molecule has 0 atom stereocenters. The van der Waals surface area contributed by atoms with Crippen LogP contribution in [0.15, 0.2) is 53.0 Å². The second-order valence-electron chi connectivity index (χ2n) is 4.29. The Balaban J connectivity index is 2.05. The van der Waals surface area contributed by atoms with Gasteiger partial charge in [-0.3, -0.25) is 4.79 Å². The van der Waals surface area contributed by atoms with E-state index in [1.54, 1.807) is 12.1 Å². The molecule has 2 rings (SSSR count). The Hall–Kier alpha value is -1.58. The van der Waals surface area contributed by atoms with Crippen molar-refractivity contribution >= 4 is 45.2 Å². The third kappa shape index (κ3) is 3.95. The van der Waals surface area contributed by atoms with Gasteiger partial charge in [-0.2, -0.15) is 0 Å². The highest BCUT2D eigenvalue weighted by Crippen LogP contribution is 2.22. The minimum Gasteiger partial charge on any atom is -0.322 e. The van der Waals surface area contributed by atoms with E-state index < -0.39 is 0 Å². The first-order valence-corrected chi connectivity index (χ1v) is 7.23. The van der Waals surface area contributed by atoms with Crippen molar-refractivity contribution in [2.45, 2.75) is 6.92 Å². The van der Waals surface area contributed by atoms with Crippen molar-refractivity contribution in [3.05, 3.63) is 69.2 Å². The standard InChI is InChI=1S/C16H13BrClNO/c1-11-14(18)3-2-4-15(11)19-16(20)10-7-12-5-8-13(17)9-6-12/h2-10H,1H3,(H,19,20). The van der Waals surface area contributed by atoms with E-state index in [9.17, 15) is 4.79 Å². The molecule has 0 aliphatic heterocycles. The lowest BCUT2D eigenvalue weighted by Crippen LogP contribution is -2.08. The molecular weight excluding hydrogens is 338 g/mol. The van der Waals surface area contributed by atoms with Gasteiger partial charge in [-0.25, -0.2) is 0 Å². The predicted molar refractivity (Wildman–Crippen MR) is 88.0 cm³/mol. The Kier molecular flexibility index (Phi) is 4.99. The van der Waals surface area contributed by atoms with Gasteiger partial charge in [0.2, 0.25) is 5.91 Å². The number of carbonyl (C=O) groups excluding carboxylic acids is 1. The monoisotopic (exact) mass is 349 g/mol. The Morgan fingerprint density at radius 3 is 2.60 bits per heavy atom. The fraction of sp³-hybridized carbons (Fsp3) is 0.0625. The summed E-state index contributed by atoms with van der Waals surface area (Å²) in [7, 11) is 0. The predicted octanol–water partition coefficient (Wildman–Crippen LogP) is 5.06. The van der Waals surface area contributed by atoms with Crippen molar-refractivity contribution in [3.8, 4) is 0 Å². The number of benzene rings is 2. The van der Waals surface area contributed by atoms with E-state index in [1.165, 1.54) is 6.08 Å². The smallest absolute Gasteiger partial charge is 0.248 e. The van der Waals surface area contributed by atoms with Gasteiger partial charge in [0, 0.05) is 21.3 Å². The number of amides is 1. The number of carbonyl (C=O) groups is 1. The number of rotatable bonds is 3. The van der Waals surface area contributed by atoms with Crippen LogP contribution in [0.25, 0.3) is 6.08 Å². The number of nitrogens with one attached hydrogen (secondary N) is 1. The number of hydrogen-bond donors (Lipinski definition) is 1. The molecule has 0 saturated carbocycles. The second kappa shape index (κ2) is 6.73. The highest BCUT2D eigenvalue weighted by Gasteiger charge is 2.04. The van der Waals surface area contributed by atoms with Crippen LogP contribution in [0.4, 0.5) is 5.69 Å². The zero-order valence-corrected chi connectivity index (χ0v) is 13.2. The van der Waals surface area contributed by atoms with Crippen molar-refractivity contribution in [2.24, 2.45) is 0 Å². The first-order valence-electron chi connectivity index (χ1n) is 6.06. The molecule has 1 amide bonds. The van der Waals surface area contributed by atoms with Crippen molar-refractivity contribution in [2.75, 3.05) is 5.32 Å². The van der Waals surface area contributed by atoms with Gasteiger partial charge in [0.1, 0.15) is 0 Å². The molecule has 1 N–H and O–H groups in total. The van der Waals surface area contributed by atoms with Gasteiger partial charge in [-0.1, -0.05) is 45.7 Å². The van der Waals surface area contributed by atoms with Crippen molar-refractivity contribution < 1.29 is 4.79 Å². The Labute approximate surface area is 131 Å². The third-order valence-electron chi connectivity index (χ3n) is 2.82. The number of anilines is 1. The maximum absolute atomic E-state index is 11.9. The lowest BCUT2D eigenvalue weighted by atomic mass is 10.2. The van der Waals surface area contributed by atoms with E-state index in [0.29, 0.717) is 5.02 Å². The van der Waals surface area contributed by atoms with Crippen molar-refractivity contribution in [3.63, 3.8) is 0 Å². The van der Waals surface area contributed by atoms with Gasteiger partial charge in [-0.15, -0.1) is 0 Å². The van der Waals surface area contributed by atoms with E-state index in [0.717, 1.165) is 21.3 Å². The zero-order valence-electron chi connectivity index (χ0n) is 10.9. The first-order chi connectivity index (χ1) is 9.56. The average molecular weight is 351 g/mol. The first kappa shape index (κ1) is 14.8. The quantitative estimate of drug-likeness (QED) is 0.770. The maximum Gasteiger partial charge on any atom is 0.248 e. The molecule has 0 fully saturated rings. The molecule has 0 unspecified atom stereocenters. The molecule has 0 aromatic heterocycles. The third-order valence-corrected chi connectivity index (χ3v) is 3.76. The molecule has 2 aromatic carbocycles. The summed E-state index contributed by atoms with van der Waals surface area (Å²) in [6.07, 6.45) is 3.27. The Morgan fingerprint density at radius 2 is 1.90 bits per heavy atom. The summed E-state index contributed by atoms with van der Waals surface area (Å²) in [5.41, 5.74) is 2.55. The second-order valence-corrected chi connectivity index (χ2v) is 5.61. The molecule has 102 valence electrons. The largest absolute Gasteiger partial charge is 0.322 e. The fourth-order valence-corrected chi connectivity index (χ4v) is 2.10. The minimum absolute atomic E-state index is 0.182. The molecule has 0 radical (unpaired) electrons. The van der Waals surface area contributed by atoms with Crippen LogP contribution in [0, 0.1) is 6.92 Å². The summed E-state index contributed by atoms with van der Waals surface area (Å²) >= 11 is 9.38. The van der Waals surface area contributed by atoms with Gasteiger partial charge in [0.25, 0.3) is 0 Å². The highest BCUT2D eigenvalue weighted by molar-refractivity contribution is 9.10. The van der Waals surface area contributed by atoms with Gasteiger partial charge in [0.15, 0.2) is 0 Å². The lowest BCUT2D eigenvalue weighted by molar-refractivity contribution is -0.111. The molecule has 0 bridgehead atoms. The highest BCUT2D eigenvalue weighted by atomic mass is 79.9. The van der Waals surface area contributed by atoms with Crippen LogP contribution in [0.1, 0.15) is 11.1 Å². The average Bonchev–Trinajstić information content (AvgIpc) is 2.43. The normalized spacial score (nSPS) is 10.8. The van der Waals surface area contributed by atoms with Crippen LogP contribution in [-0.2, 0) is 4.79 Å². The van der Waals surface area contributed by atoms with Crippen LogP contribution >= 0.6 is 27.5 Å². The van der Waals surface area contributed by atoms with Crippen molar-refractivity contribution in [1.82, 2.24) is 0 Å². The van der Waals surface area contributed by atoms with Crippen LogP contribution < -0.4 is 5.32 Å². The molecule has 0 aliphatic rings. The van der Waals surface area contributed by atoms with Crippen LogP contribution in [0.3, 0.4) is 0 Å². The Morgan fingerprint density at radius 1 is 1.20 bits per heavy atom. The molecule has 0 spiro atoms. The molecule has 0 aliphatic carbocycles. The van der Waals surface area contributed by atoms with Gasteiger partial charge in [-0.05, 0) is 48.4 Å². The van der Waals surface area contributed by atoms with Gasteiger partial charge < -0.3 is 5.32 Å². The Bertz CT molecular complexity index is 650. The van der Waals surface area contributed by atoms with Gasteiger partial charge in [0.05, 0.1) is 0 Å².